The first-order valence-corrected chi connectivity index (χ1v) is 6.43. The summed E-state index contributed by atoms with van der Waals surface area (Å²) in [5, 5.41) is 3.73. The van der Waals surface area contributed by atoms with Crippen molar-refractivity contribution >= 4 is 21.8 Å². The van der Waals surface area contributed by atoms with E-state index in [0.29, 0.717) is 0 Å². The summed E-state index contributed by atoms with van der Waals surface area (Å²) < 4.78 is 0. The predicted octanol–water partition coefficient (Wildman–Crippen LogP) is 3.21. The van der Waals surface area contributed by atoms with E-state index < -0.39 is 0 Å². The Labute approximate surface area is 106 Å². The molecular weight excluding hydrogens is 266 g/mol. The van der Waals surface area contributed by atoms with Gasteiger partial charge in [0.15, 0.2) is 0 Å². The van der Waals surface area contributed by atoms with E-state index >= 15 is 0 Å². The van der Waals surface area contributed by atoms with Crippen molar-refractivity contribution in [2.45, 2.75) is 33.2 Å². The smallest absolute Gasteiger partial charge is 0.251 e. The molecule has 0 aromatic heterocycles. The van der Waals surface area contributed by atoms with Gasteiger partial charge < -0.3 is 5.32 Å². The van der Waals surface area contributed by atoms with Gasteiger partial charge in [0.25, 0.3) is 5.91 Å². The number of benzene rings is 1. The molecule has 0 aliphatic rings. The first-order chi connectivity index (χ1) is 7.35. The summed E-state index contributed by atoms with van der Waals surface area (Å²) in [7, 11) is 0. The van der Waals surface area contributed by atoms with Crippen molar-refractivity contribution in [3.8, 4) is 0 Å². The van der Waals surface area contributed by atoms with Gasteiger partial charge in [0.05, 0.1) is 0 Å². The molecule has 0 unspecified atom stereocenters. The van der Waals surface area contributed by atoms with Gasteiger partial charge in [0, 0.05) is 16.4 Å². The van der Waals surface area contributed by atoms with E-state index in [0.717, 1.165) is 16.5 Å². The zero-order chi connectivity index (χ0) is 12.3. The van der Waals surface area contributed by atoms with Gasteiger partial charge in [-0.05, 0) is 39.3 Å². The largest absolute Gasteiger partial charge is 0.346 e. The second-order valence-electron chi connectivity index (χ2n) is 4.79. The lowest BCUT2D eigenvalue weighted by molar-refractivity contribution is 0.0920. The molecule has 0 aliphatic heterocycles. The van der Waals surface area contributed by atoms with Crippen LogP contribution in [-0.2, 0) is 0 Å². The molecule has 1 N–H and O–H groups in total. The van der Waals surface area contributed by atoms with Crippen molar-refractivity contribution in [1.82, 2.24) is 5.32 Å². The molecule has 1 amide bonds. The minimum Gasteiger partial charge on any atom is -0.346 e. The number of carbonyl (C=O) groups excluding carboxylic acids is 1. The number of aryl methyl sites for hydroxylation is 2. The van der Waals surface area contributed by atoms with Gasteiger partial charge >= 0.3 is 0 Å². The molecule has 0 aliphatic carbocycles. The Morgan fingerprint density at radius 3 is 2.50 bits per heavy atom. The van der Waals surface area contributed by atoms with Gasteiger partial charge in [-0.25, -0.2) is 0 Å². The number of hydrogen-bond donors (Lipinski definition) is 1. The molecule has 88 valence electrons. The summed E-state index contributed by atoms with van der Waals surface area (Å²) in [4.78, 5) is 12.0. The van der Waals surface area contributed by atoms with Crippen LogP contribution in [0.5, 0.6) is 0 Å². The molecule has 1 rings (SSSR count). The van der Waals surface area contributed by atoms with Crippen LogP contribution in [0.15, 0.2) is 18.2 Å². The number of halogens is 1. The van der Waals surface area contributed by atoms with E-state index in [1.54, 1.807) is 0 Å². The van der Waals surface area contributed by atoms with Crippen molar-refractivity contribution in [2.75, 3.05) is 5.33 Å². The second-order valence-corrected chi connectivity index (χ2v) is 5.35. The van der Waals surface area contributed by atoms with Crippen molar-refractivity contribution in [2.24, 2.45) is 0 Å². The molecule has 3 heteroatoms. The van der Waals surface area contributed by atoms with E-state index in [1.165, 1.54) is 5.56 Å². The number of hydrogen-bond acceptors (Lipinski definition) is 1. The summed E-state index contributed by atoms with van der Waals surface area (Å²) in [6.45, 7) is 7.96. The molecule has 1 aromatic rings. The van der Waals surface area contributed by atoms with Crippen LogP contribution < -0.4 is 5.32 Å². The third kappa shape index (κ3) is 3.34. The monoisotopic (exact) mass is 283 g/mol. The number of carbonyl (C=O) groups is 1. The van der Waals surface area contributed by atoms with Crippen molar-refractivity contribution in [3.05, 3.63) is 34.9 Å². The van der Waals surface area contributed by atoms with E-state index in [-0.39, 0.29) is 11.4 Å². The fourth-order valence-corrected chi connectivity index (χ4v) is 1.62. The maximum atomic E-state index is 12.0. The maximum Gasteiger partial charge on any atom is 0.251 e. The van der Waals surface area contributed by atoms with E-state index in [2.05, 4.69) is 21.2 Å². The van der Waals surface area contributed by atoms with Gasteiger partial charge in [0.1, 0.15) is 0 Å². The predicted molar refractivity (Wildman–Crippen MR) is 71.3 cm³/mol. The van der Waals surface area contributed by atoms with Crippen molar-refractivity contribution in [1.29, 1.82) is 0 Å². The molecular formula is C13H18BrNO. The van der Waals surface area contributed by atoms with Gasteiger partial charge in [-0.1, -0.05) is 33.6 Å². The molecule has 0 fully saturated rings. The van der Waals surface area contributed by atoms with Crippen LogP contribution in [0.3, 0.4) is 0 Å². The van der Waals surface area contributed by atoms with Crippen LogP contribution in [0.1, 0.15) is 35.3 Å². The summed E-state index contributed by atoms with van der Waals surface area (Å²) in [6, 6.07) is 5.86. The minimum atomic E-state index is -0.228. The summed E-state index contributed by atoms with van der Waals surface area (Å²) >= 11 is 3.39. The third-order valence-corrected chi connectivity index (χ3v) is 3.81. The van der Waals surface area contributed by atoms with Crippen molar-refractivity contribution in [3.63, 3.8) is 0 Å². The molecule has 0 bridgehead atoms. The first kappa shape index (κ1) is 13.2. The quantitative estimate of drug-likeness (QED) is 0.848. The summed E-state index contributed by atoms with van der Waals surface area (Å²) in [5.74, 6) is -0.0121. The molecule has 0 spiro atoms. The van der Waals surface area contributed by atoms with Gasteiger partial charge in [-0.2, -0.15) is 0 Å². The van der Waals surface area contributed by atoms with Crippen LogP contribution in [0.4, 0.5) is 0 Å². The number of alkyl halides is 1. The number of amides is 1. The SMILES string of the molecule is Cc1ccc(C(=O)NC(C)(C)CBr)c(C)c1. The summed E-state index contributed by atoms with van der Waals surface area (Å²) in [6.07, 6.45) is 0. The lowest BCUT2D eigenvalue weighted by Crippen LogP contribution is -2.44. The topological polar surface area (TPSA) is 29.1 Å². The Morgan fingerprint density at radius 1 is 1.38 bits per heavy atom. The van der Waals surface area contributed by atoms with Gasteiger partial charge in [0.2, 0.25) is 0 Å². The Hall–Kier alpha value is -0.830. The molecule has 0 saturated heterocycles. The highest BCUT2D eigenvalue weighted by molar-refractivity contribution is 9.09. The third-order valence-electron chi connectivity index (χ3n) is 2.41. The Kier molecular flexibility index (Phi) is 4.14. The Balaban J connectivity index is 2.89. The first-order valence-electron chi connectivity index (χ1n) is 5.31. The highest BCUT2D eigenvalue weighted by Crippen LogP contribution is 2.13. The standard InChI is InChI=1S/C13H18BrNO/c1-9-5-6-11(10(2)7-9)12(16)15-13(3,4)8-14/h5-7H,8H2,1-4H3,(H,15,16). The molecule has 0 heterocycles. The molecule has 2 nitrogen and oxygen atoms in total. The van der Waals surface area contributed by atoms with E-state index in [9.17, 15) is 4.79 Å². The second kappa shape index (κ2) is 5.00. The fourth-order valence-electron chi connectivity index (χ4n) is 1.48. The highest BCUT2D eigenvalue weighted by atomic mass is 79.9. The molecule has 0 atom stereocenters. The maximum absolute atomic E-state index is 12.0. The average Bonchev–Trinajstić information content (AvgIpc) is 2.16. The fraction of sp³-hybridized carbons (Fsp3) is 0.462. The van der Waals surface area contributed by atoms with E-state index in [1.807, 2.05) is 45.9 Å². The van der Waals surface area contributed by atoms with Crippen molar-refractivity contribution < 1.29 is 4.79 Å². The molecule has 1 aromatic carbocycles. The Bertz CT molecular complexity index is 399. The van der Waals surface area contributed by atoms with Crippen LogP contribution >= 0.6 is 15.9 Å². The van der Waals surface area contributed by atoms with Gasteiger partial charge in [-0.3, -0.25) is 4.79 Å². The molecule has 16 heavy (non-hydrogen) atoms. The normalized spacial score (nSPS) is 11.3. The average molecular weight is 284 g/mol. The Morgan fingerprint density at radius 2 is 2.00 bits per heavy atom. The van der Waals surface area contributed by atoms with Crippen LogP contribution in [-0.4, -0.2) is 16.8 Å². The highest BCUT2D eigenvalue weighted by Gasteiger charge is 2.20. The lowest BCUT2D eigenvalue weighted by atomic mass is 10.0. The van der Waals surface area contributed by atoms with Crippen LogP contribution in [0.2, 0.25) is 0 Å². The van der Waals surface area contributed by atoms with Crippen LogP contribution in [0.25, 0.3) is 0 Å². The van der Waals surface area contributed by atoms with Gasteiger partial charge in [-0.15, -0.1) is 0 Å². The number of nitrogens with one attached hydrogen (secondary N) is 1. The summed E-state index contributed by atoms with van der Waals surface area (Å²) in [5.41, 5.74) is 2.71. The lowest BCUT2D eigenvalue weighted by Gasteiger charge is -2.24. The number of rotatable bonds is 3. The van der Waals surface area contributed by atoms with Crippen LogP contribution in [0, 0.1) is 13.8 Å². The minimum absolute atomic E-state index is 0.0121. The van der Waals surface area contributed by atoms with E-state index in [4.69, 9.17) is 0 Å². The molecule has 0 radical (unpaired) electrons. The zero-order valence-electron chi connectivity index (χ0n) is 10.2. The molecule has 0 saturated carbocycles. The zero-order valence-corrected chi connectivity index (χ0v) is 11.8.